The quantitative estimate of drug-likeness (QED) is 0.592. The first-order valence-electron chi connectivity index (χ1n) is 7.01. The van der Waals surface area contributed by atoms with Gasteiger partial charge in [0.25, 0.3) is 0 Å². The second-order valence-corrected chi connectivity index (χ2v) is 4.72. The van der Waals surface area contributed by atoms with Gasteiger partial charge in [-0.2, -0.15) is 0 Å². The van der Waals surface area contributed by atoms with Crippen LogP contribution in [0.2, 0.25) is 0 Å². The molecule has 0 saturated carbocycles. The van der Waals surface area contributed by atoms with E-state index in [0.717, 1.165) is 32.5 Å². The lowest BCUT2D eigenvalue weighted by Gasteiger charge is -2.31. The second kappa shape index (κ2) is 8.15. The summed E-state index contributed by atoms with van der Waals surface area (Å²) in [5, 5.41) is 0. The second-order valence-electron chi connectivity index (χ2n) is 4.72. The molecule has 0 aliphatic carbocycles. The molecule has 0 saturated heterocycles. The van der Waals surface area contributed by atoms with E-state index in [9.17, 15) is 4.79 Å². The Labute approximate surface area is 105 Å². The highest BCUT2D eigenvalue weighted by molar-refractivity contribution is 5.76. The Kier molecular flexibility index (Phi) is 6.75. The van der Waals surface area contributed by atoms with E-state index in [1.165, 1.54) is 25.7 Å². The van der Waals surface area contributed by atoms with Gasteiger partial charge < -0.3 is 9.80 Å². The zero-order valence-corrected chi connectivity index (χ0v) is 11.3. The zero-order chi connectivity index (χ0) is 12.5. The van der Waals surface area contributed by atoms with Crippen molar-refractivity contribution in [1.29, 1.82) is 0 Å². The third kappa shape index (κ3) is 4.80. The van der Waals surface area contributed by atoms with Gasteiger partial charge in [-0.05, 0) is 18.9 Å². The molecule has 3 heteroatoms. The van der Waals surface area contributed by atoms with Crippen LogP contribution in [-0.4, -0.2) is 35.5 Å². The van der Waals surface area contributed by atoms with Crippen LogP contribution in [-0.2, 0) is 0 Å². The third-order valence-corrected chi connectivity index (χ3v) is 3.16. The van der Waals surface area contributed by atoms with Crippen LogP contribution in [0.15, 0.2) is 12.3 Å². The van der Waals surface area contributed by atoms with Gasteiger partial charge in [0, 0.05) is 25.8 Å². The van der Waals surface area contributed by atoms with E-state index in [-0.39, 0.29) is 6.03 Å². The van der Waals surface area contributed by atoms with Crippen molar-refractivity contribution in [2.24, 2.45) is 0 Å². The predicted octanol–water partition coefficient (Wildman–Crippen LogP) is 3.62. The molecular formula is C14H26N2O. The van der Waals surface area contributed by atoms with Crippen molar-refractivity contribution >= 4 is 6.03 Å². The molecule has 0 unspecified atom stereocenters. The number of carbonyl (C=O) groups is 1. The van der Waals surface area contributed by atoms with Crippen molar-refractivity contribution in [3.05, 3.63) is 12.3 Å². The van der Waals surface area contributed by atoms with Crippen LogP contribution in [0.4, 0.5) is 4.79 Å². The van der Waals surface area contributed by atoms with Crippen LogP contribution in [0.3, 0.4) is 0 Å². The molecule has 1 aliphatic heterocycles. The SMILES string of the molecule is CCCCCN1C=CCN(CCCCC)C1=O. The number of unbranched alkanes of at least 4 members (excludes halogenated alkanes) is 4. The molecule has 0 fully saturated rings. The number of nitrogens with zero attached hydrogens (tertiary/aromatic N) is 2. The lowest BCUT2D eigenvalue weighted by molar-refractivity contribution is 0.167. The van der Waals surface area contributed by atoms with E-state index in [2.05, 4.69) is 19.9 Å². The summed E-state index contributed by atoms with van der Waals surface area (Å²) in [6.45, 7) is 6.93. The molecule has 0 spiro atoms. The van der Waals surface area contributed by atoms with Crippen molar-refractivity contribution in [3.8, 4) is 0 Å². The molecule has 1 rings (SSSR count). The van der Waals surface area contributed by atoms with Crippen molar-refractivity contribution in [3.63, 3.8) is 0 Å². The van der Waals surface area contributed by atoms with Gasteiger partial charge >= 0.3 is 6.03 Å². The summed E-state index contributed by atoms with van der Waals surface area (Å²) in [6, 6.07) is 0.194. The zero-order valence-electron chi connectivity index (χ0n) is 11.3. The number of amides is 2. The molecule has 1 heterocycles. The third-order valence-electron chi connectivity index (χ3n) is 3.16. The first kappa shape index (κ1) is 14.1. The molecule has 0 aromatic rings. The van der Waals surface area contributed by atoms with E-state index in [1.807, 2.05) is 16.0 Å². The monoisotopic (exact) mass is 238 g/mol. The molecule has 0 radical (unpaired) electrons. The lowest BCUT2D eigenvalue weighted by atomic mass is 10.2. The van der Waals surface area contributed by atoms with Gasteiger partial charge in [0.1, 0.15) is 0 Å². The molecule has 0 bridgehead atoms. The minimum Gasteiger partial charge on any atom is -0.321 e. The largest absolute Gasteiger partial charge is 0.324 e. The average molecular weight is 238 g/mol. The number of carbonyl (C=O) groups excluding carboxylic acids is 1. The maximum absolute atomic E-state index is 12.1. The number of rotatable bonds is 8. The fourth-order valence-electron chi connectivity index (χ4n) is 2.07. The molecular weight excluding hydrogens is 212 g/mol. The summed E-state index contributed by atoms with van der Waals surface area (Å²) in [4.78, 5) is 15.9. The standard InChI is InChI=1S/C14H26N2O/c1-3-5-7-10-15-12-9-13-16(14(15)17)11-8-6-4-2/h9,12H,3-8,10-11,13H2,1-2H3. The van der Waals surface area contributed by atoms with Crippen molar-refractivity contribution in [2.75, 3.05) is 19.6 Å². The normalized spacial score (nSPS) is 15.8. The molecule has 0 aromatic heterocycles. The minimum atomic E-state index is 0.194. The molecule has 17 heavy (non-hydrogen) atoms. The Balaban J connectivity index is 2.33. The van der Waals surface area contributed by atoms with Crippen molar-refractivity contribution in [1.82, 2.24) is 9.80 Å². The Morgan fingerprint density at radius 3 is 2.35 bits per heavy atom. The number of urea groups is 1. The van der Waals surface area contributed by atoms with Gasteiger partial charge in [-0.15, -0.1) is 0 Å². The highest BCUT2D eigenvalue weighted by Gasteiger charge is 2.20. The van der Waals surface area contributed by atoms with Crippen LogP contribution in [0, 0.1) is 0 Å². The molecule has 0 N–H and O–H groups in total. The van der Waals surface area contributed by atoms with Crippen LogP contribution in [0.1, 0.15) is 52.4 Å². The molecule has 0 atom stereocenters. The molecule has 2 amide bonds. The minimum absolute atomic E-state index is 0.194. The van der Waals surface area contributed by atoms with Gasteiger partial charge in [0.15, 0.2) is 0 Å². The molecule has 98 valence electrons. The van der Waals surface area contributed by atoms with Gasteiger partial charge in [0.2, 0.25) is 0 Å². The maximum Gasteiger partial charge on any atom is 0.324 e. The molecule has 3 nitrogen and oxygen atoms in total. The maximum atomic E-state index is 12.1. The van der Waals surface area contributed by atoms with Crippen LogP contribution < -0.4 is 0 Å². The van der Waals surface area contributed by atoms with Crippen LogP contribution >= 0.6 is 0 Å². The van der Waals surface area contributed by atoms with E-state index in [4.69, 9.17) is 0 Å². The van der Waals surface area contributed by atoms with E-state index in [1.54, 1.807) is 0 Å². The van der Waals surface area contributed by atoms with E-state index >= 15 is 0 Å². The smallest absolute Gasteiger partial charge is 0.321 e. The first-order chi connectivity index (χ1) is 8.29. The summed E-state index contributed by atoms with van der Waals surface area (Å²) in [7, 11) is 0. The fraction of sp³-hybridized carbons (Fsp3) is 0.786. The van der Waals surface area contributed by atoms with Crippen LogP contribution in [0.5, 0.6) is 0 Å². The van der Waals surface area contributed by atoms with Gasteiger partial charge in [-0.25, -0.2) is 4.79 Å². The lowest BCUT2D eigenvalue weighted by Crippen LogP contribution is -2.44. The van der Waals surface area contributed by atoms with Gasteiger partial charge in [0.05, 0.1) is 0 Å². The molecule has 0 aromatic carbocycles. The van der Waals surface area contributed by atoms with Crippen molar-refractivity contribution in [2.45, 2.75) is 52.4 Å². The highest BCUT2D eigenvalue weighted by Crippen LogP contribution is 2.10. The van der Waals surface area contributed by atoms with Crippen molar-refractivity contribution < 1.29 is 4.79 Å². The van der Waals surface area contributed by atoms with E-state index in [0.29, 0.717) is 0 Å². The average Bonchev–Trinajstić information content (AvgIpc) is 2.34. The Morgan fingerprint density at radius 1 is 1.06 bits per heavy atom. The Hall–Kier alpha value is -0.990. The molecule has 1 aliphatic rings. The van der Waals surface area contributed by atoms with Gasteiger partial charge in [-0.3, -0.25) is 0 Å². The highest BCUT2D eigenvalue weighted by atomic mass is 16.2. The van der Waals surface area contributed by atoms with Crippen LogP contribution in [0.25, 0.3) is 0 Å². The fourth-order valence-corrected chi connectivity index (χ4v) is 2.07. The topological polar surface area (TPSA) is 23.6 Å². The summed E-state index contributed by atoms with van der Waals surface area (Å²) in [6.07, 6.45) is 11.1. The summed E-state index contributed by atoms with van der Waals surface area (Å²) in [5.74, 6) is 0. The first-order valence-corrected chi connectivity index (χ1v) is 7.01. The number of hydrogen-bond donors (Lipinski definition) is 0. The van der Waals surface area contributed by atoms with Gasteiger partial charge in [-0.1, -0.05) is 39.5 Å². The summed E-state index contributed by atoms with van der Waals surface area (Å²) < 4.78 is 0. The Bertz CT molecular complexity index is 251. The summed E-state index contributed by atoms with van der Waals surface area (Å²) >= 11 is 0. The predicted molar refractivity (Wildman–Crippen MR) is 71.9 cm³/mol. The number of hydrogen-bond acceptors (Lipinski definition) is 1. The van der Waals surface area contributed by atoms with E-state index < -0.39 is 0 Å². The Morgan fingerprint density at radius 2 is 1.71 bits per heavy atom. The summed E-state index contributed by atoms with van der Waals surface area (Å²) in [5.41, 5.74) is 0.